The summed E-state index contributed by atoms with van der Waals surface area (Å²) in [6, 6.07) is 12.2. The normalized spacial score (nSPS) is 14.9. The van der Waals surface area contributed by atoms with Gasteiger partial charge < -0.3 is 15.0 Å². The summed E-state index contributed by atoms with van der Waals surface area (Å²) in [6.45, 7) is 8.92. The van der Waals surface area contributed by atoms with E-state index >= 15 is 0 Å². The van der Waals surface area contributed by atoms with E-state index in [9.17, 15) is 4.79 Å². The van der Waals surface area contributed by atoms with Crippen molar-refractivity contribution in [3.63, 3.8) is 0 Å². The van der Waals surface area contributed by atoms with Crippen LogP contribution in [0.25, 0.3) is 0 Å². The van der Waals surface area contributed by atoms with Gasteiger partial charge in [0.15, 0.2) is 0 Å². The third-order valence-corrected chi connectivity index (χ3v) is 4.89. The summed E-state index contributed by atoms with van der Waals surface area (Å²) in [5.41, 5.74) is 2.06. The Morgan fingerprint density at radius 2 is 1.82 bits per heavy atom. The second-order valence-electron chi connectivity index (χ2n) is 7.66. The van der Waals surface area contributed by atoms with E-state index in [1.54, 1.807) is 13.3 Å². The van der Waals surface area contributed by atoms with Gasteiger partial charge in [-0.3, -0.25) is 9.69 Å². The van der Waals surface area contributed by atoms with Gasteiger partial charge in [0.2, 0.25) is 5.91 Å². The molecule has 1 saturated heterocycles. The smallest absolute Gasteiger partial charge is 0.224 e. The molecule has 6 heteroatoms. The lowest BCUT2D eigenvalue weighted by Crippen LogP contribution is -2.46. The molecule has 1 aliphatic heterocycles. The van der Waals surface area contributed by atoms with Crippen LogP contribution < -0.4 is 15.0 Å². The molecular weight excluding hydrogens is 352 g/mol. The first kappa shape index (κ1) is 20.1. The quantitative estimate of drug-likeness (QED) is 0.795. The Hall–Kier alpha value is -2.60. The Bertz CT molecular complexity index is 751. The molecule has 0 atom stereocenters. The monoisotopic (exact) mass is 382 g/mol. The molecule has 0 spiro atoms. The van der Waals surface area contributed by atoms with Crippen molar-refractivity contribution in [3.8, 4) is 5.75 Å². The number of carbonyl (C=O) groups excluding carboxylic acids is 1. The Balaban J connectivity index is 1.48. The number of methoxy groups -OCH3 is 1. The van der Waals surface area contributed by atoms with Crippen LogP contribution in [0.5, 0.6) is 5.75 Å². The third-order valence-electron chi connectivity index (χ3n) is 4.89. The number of anilines is 2. The number of nitrogens with zero attached hydrogens (tertiary/aromatic N) is 3. The standard InChI is InChI=1S/C22H30N4O2/c1-17(2)14-22(27)24-19-6-9-21(23-15-19)26-12-10-25(11-13-26)16-18-4-7-20(28-3)8-5-18/h4-9,15,17H,10-14,16H2,1-3H3,(H,24,27). The molecule has 2 aromatic rings. The van der Waals surface area contributed by atoms with E-state index in [-0.39, 0.29) is 5.91 Å². The molecule has 1 aromatic carbocycles. The zero-order valence-corrected chi connectivity index (χ0v) is 17.0. The van der Waals surface area contributed by atoms with E-state index in [4.69, 9.17) is 4.74 Å². The number of hydrogen-bond acceptors (Lipinski definition) is 5. The summed E-state index contributed by atoms with van der Waals surface area (Å²) in [5, 5.41) is 2.91. The molecule has 0 aliphatic carbocycles. The average molecular weight is 383 g/mol. The molecular formula is C22H30N4O2. The van der Waals surface area contributed by atoms with Crippen LogP contribution in [-0.2, 0) is 11.3 Å². The van der Waals surface area contributed by atoms with Gasteiger partial charge in [0.1, 0.15) is 11.6 Å². The van der Waals surface area contributed by atoms with Gasteiger partial charge in [-0.15, -0.1) is 0 Å². The van der Waals surface area contributed by atoms with Crippen molar-refractivity contribution in [2.24, 2.45) is 5.92 Å². The second kappa shape index (κ2) is 9.55. The molecule has 0 saturated carbocycles. The van der Waals surface area contributed by atoms with E-state index < -0.39 is 0 Å². The summed E-state index contributed by atoms with van der Waals surface area (Å²) >= 11 is 0. The van der Waals surface area contributed by atoms with Crippen molar-refractivity contribution in [1.29, 1.82) is 0 Å². The summed E-state index contributed by atoms with van der Waals surface area (Å²) < 4.78 is 5.22. The number of hydrogen-bond donors (Lipinski definition) is 1. The zero-order valence-electron chi connectivity index (χ0n) is 17.0. The fourth-order valence-electron chi connectivity index (χ4n) is 3.35. The predicted molar refractivity (Wildman–Crippen MR) is 113 cm³/mol. The summed E-state index contributed by atoms with van der Waals surface area (Å²) in [4.78, 5) is 21.2. The van der Waals surface area contributed by atoms with Crippen molar-refractivity contribution in [1.82, 2.24) is 9.88 Å². The molecule has 150 valence electrons. The minimum absolute atomic E-state index is 0.0386. The van der Waals surface area contributed by atoms with Gasteiger partial charge in [-0.1, -0.05) is 26.0 Å². The first-order valence-electron chi connectivity index (χ1n) is 9.89. The summed E-state index contributed by atoms with van der Waals surface area (Å²) in [7, 11) is 1.69. The number of amides is 1. The number of nitrogens with one attached hydrogen (secondary N) is 1. The summed E-state index contributed by atoms with van der Waals surface area (Å²) in [5.74, 6) is 2.24. The summed E-state index contributed by atoms with van der Waals surface area (Å²) in [6.07, 6.45) is 2.27. The van der Waals surface area contributed by atoms with Crippen LogP contribution in [0.1, 0.15) is 25.8 Å². The van der Waals surface area contributed by atoms with Gasteiger partial charge in [-0.05, 0) is 35.7 Å². The van der Waals surface area contributed by atoms with Crippen molar-refractivity contribution in [2.75, 3.05) is 43.5 Å². The Labute approximate surface area is 167 Å². The van der Waals surface area contributed by atoms with Gasteiger partial charge in [-0.2, -0.15) is 0 Å². The highest BCUT2D eigenvalue weighted by Crippen LogP contribution is 2.18. The van der Waals surface area contributed by atoms with Crippen LogP contribution in [0.4, 0.5) is 11.5 Å². The van der Waals surface area contributed by atoms with Gasteiger partial charge in [0.05, 0.1) is 19.0 Å². The first-order valence-corrected chi connectivity index (χ1v) is 9.89. The van der Waals surface area contributed by atoms with E-state index in [2.05, 4.69) is 32.2 Å². The number of ether oxygens (including phenoxy) is 1. The highest BCUT2D eigenvalue weighted by atomic mass is 16.5. The van der Waals surface area contributed by atoms with Crippen molar-refractivity contribution in [2.45, 2.75) is 26.8 Å². The number of aromatic nitrogens is 1. The molecule has 1 aromatic heterocycles. The lowest BCUT2D eigenvalue weighted by Gasteiger charge is -2.35. The van der Waals surface area contributed by atoms with Gasteiger partial charge >= 0.3 is 0 Å². The number of pyridine rings is 1. The molecule has 1 aliphatic rings. The molecule has 0 radical (unpaired) electrons. The number of rotatable bonds is 7. The highest BCUT2D eigenvalue weighted by molar-refractivity contribution is 5.90. The van der Waals surface area contributed by atoms with Crippen molar-refractivity contribution >= 4 is 17.4 Å². The molecule has 3 rings (SSSR count). The highest BCUT2D eigenvalue weighted by Gasteiger charge is 2.18. The van der Waals surface area contributed by atoms with Crippen LogP contribution in [0, 0.1) is 5.92 Å². The minimum Gasteiger partial charge on any atom is -0.497 e. The SMILES string of the molecule is COc1ccc(CN2CCN(c3ccc(NC(=O)CC(C)C)cn3)CC2)cc1. The Kier molecular flexibility index (Phi) is 6.87. The fourth-order valence-corrected chi connectivity index (χ4v) is 3.35. The second-order valence-corrected chi connectivity index (χ2v) is 7.66. The Morgan fingerprint density at radius 1 is 1.11 bits per heavy atom. The third kappa shape index (κ3) is 5.70. The van der Waals surface area contributed by atoms with Crippen LogP contribution in [0.2, 0.25) is 0 Å². The molecule has 2 heterocycles. The maximum atomic E-state index is 11.9. The molecule has 1 fully saturated rings. The van der Waals surface area contributed by atoms with E-state index in [1.165, 1.54) is 5.56 Å². The predicted octanol–water partition coefficient (Wildman–Crippen LogP) is 3.40. The maximum Gasteiger partial charge on any atom is 0.224 e. The molecule has 1 amide bonds. The zero-order chi connectivity index (χ0) is 19.9. The van der Waals surface area contributed by atoms with E-state index in [0.717, 1.165) is 50.0 Å². The number of carbonyl (C=O) groups is 1. The van der Waals surface area contributed by atoms with Gasteiger partial charge in [0.25, 0.3) is 0 Å². The topological polar surface area (TPSA) is 57.7 Å². The molecule has 0 unspecified atom stereocenters. The molecule has 1 N–H and O–H groups in total. The van der Waals surface area contributed by atoms with Gasteiger partial charge in [0, 0.05) is 39.1 Å². The molecule has 0 bridgehead atoms. The van der Waals surface area contributed by atoms with Crippen molar-refractivity contribution in [3.05, 3.63) is 48.2 Å². The molecule has 28 heavy (non-hydrogen) atoms. The molecule has 6 nitrogen and oxygen atoms in total. The maximum absolute atomic E-state index is 11.9. The number of piperazine rings is 1. The Morgan fingerprint density at radius 3 is 2.39 bits per heavy atom. The van der Waals surface area contributed by atoms with E-state index in [0.29, 0.717) is 12.3 Å². The van der Waals surface area contributed by atoms with Gasteiger partial charge in [-0.25, -0.2) is 4.98 Å². The lowest BCUT2D eigenvalue weighted by atomic mass is 10.1. The minimum atomic E-state index is 0.0386. The average Bonchev–Trinajstić information content (AvgIpc) is 2.69. The van der Waals surface area contributed by atoms with Crippen LogP contribution in [-0.4, -0.2) is 49.1 Å². The largest absolute Gasteiger partial charge is 0.497 e. The number of benzene rings is 1. The fraction of sp³-hybridized carbons (Fsp3) is 0.455. The van der Waals surface area contributed by atoms with Crippen LogP contribution in [0.15, 0.2) is 42.6 Å². The lowest BCUT2D eigenvalue weighted by molar-refractivity contribution is -0.116. The van der Waals surface area contributed by atoms with Crippen LogP contribution >= 0.6 is 0 Å². The van der Waals surface area contributed by atoms with E-state index in [1.807, 2.05) is 38.1 Å². The van der Waals surface area contributed by atoms with Crippen LogP contribution in [0.3, 0.4) is 0 Å². The first-order chi connectivity index (χ1) is 13.5. The van der Waals surface area contributed by atoms with Crippen molar-refractivity contribution < 1.29 is 9.53 Å².